The van der Waals surface area contributed by atoms with Gasteiger partial charge in [-0.15, -0.1) is 0 Å². The molecule has 2 atom stereocenters. The van der Waals surface area contributed by atoms with Gasteiger partial charge in [0.25, 0.3) is 0 Å². The number of fused-ring (bicyclic) bond motifs is 2. The quantitative estimate of drug-likeness (QED) is 0.476. The molecule has 0 aromatic heterocycles. The van der Waals surface area contributed by atoms with Crippen molar-refractivity contribution in [3.63, 3.8) is 0 Å². The number of rotatable bonds is 3. The van der Waals surface area contributed by atoms with Gasteiger partial charge in [-0.05, 0) is 35.7 Å². The van der Waals surface area contributed by atoms with E-state index in [1.54, 1.807) is 6.26 Å². The van der Waals surface area contributed by atoms with Gasteiger partial charge < -0.3 is 4.74 Å². The summed E-state index contributed by atoms with van der Waals surface area (Å²) < 4.78 is 5.26. The van der Waals surface area contributed by atoms with E-state index in [4.69, 9.17) is 4.74 Å². The lowest BCUT2D eigenvalue weighted by Gasteiger charge is -2.25. The van der Waals surface area contributed by atoms with Crippen molar-refractivity contribution in [2.75, 3.05) is 6.61 Å². The first-order chi connectivity index (χ1) is 6.16. The average Bonchev–Trinajstić information content (AvgIpc) is 2.52. The van der Waals surface area contributed by atoms with Crippen LogP contribution in [-0.4, -0.2) is 6.61 Å². The first kappa shape index (κ1) is 8.86. The summed E-state index contributed by atoms with van der Waals surface area (Å²) in [5, 5.41) is 0. The van der Waals surface area contributed by atoms with Crippen LogP contribution < -0.4 is 0 Å². The van der Waals surface area contributed by atoms with Crippen LogP contribution in [0.5, 0.6) is 0 Å². The molecular formula is C12H18O. The summed E-state index contributed by atoms with van der Waals surface area (Å²) in [4.78, 5) is 0. The zero-order valence-electron chi connectivity index (χ0n) is 8.55. The SMILES string of the molecule is C=COCC1=CC2CCC1C2(C)C. The number of ether oxygens (including phenoxy) is 1. The third-order valence-electron chi connectivity index (χ3n) is 3.85. The monoisotopic (exact) mass is 178 g/mol. The van der Waals surface area contributed by atoms with Gasteiger partial charge in [0.1, 0.15) is 6.61 Å². The molecule has 2 aliphatic carbocycles. The van der Waals surface area contributed by atoms with Gasteiger partial charge in [0, 0.05) is 0 Å². The molecular weight excluding hydrogens is 160 g/mol. The van der Waals surface area contributed by atoms with Crippen LogP contribution in [0.3, 0.4) is 0 Å². The zero-order chi connectivity index (χ0) is 9.47. The first-order valence-corrected chi connectivity index (χ1v) is 5.09. The maximum absolute atomic E-state index is 5.26. The minimum absolute atomic E-state index is 0.486. The summed E-state index contributed by atoms with van der Waals surface area (Å²) in [6.45, 7) is 9.09. The zero-order valence-corrected chi connectivity index (χ0v) is 8.55. The molecule has 0 heterocycles. The Morgan fingerprint density at radius 3 is 2.85 bits per heavy atom. The van der Waals surface area contributed by atoms with Gasteiger partial charge in [0.2, 0.25) is 0 Å². The molecule has 13 heavy (non-hydrogen) atoms. The normalized spacial score (nSPS) is 34.5. The Labute approximate surface area is 80.5 Å². The molecule has 1 saturated carbocycles. The second-order valence-corrected chi connectivity index (χ2v) is 4.78. The minimum atomic E-state index is 0.486. The van der Waals surface area contributed by atoms with Gasteiger partial charge >= 0.3 is 0 Å². The summed E-state index contributed by atoms with van der Waals surface area (Å²) in [5.41, 5.74) is 1.99. The molecule has 0 amide bonds. The highest BCUT2D eigenvalue weighted by atomic mass is 16.5. The van der Waals surface area contributed by atoms with Crippen molar-refractivity contribution < 1.29 is 4.74 Å². The lowest BCUT2D eigenvalue weighted by Crippen LogP contribution is -2.19. The van der Waals surface area contributed by atoms with Gasteiger partial charge in [0.15, 0.2) is 0 Å². The van der Waals surface area contributed by atoms with Gasteiger partial charge in [-0.1, -0.05) is 26.5 Å². The fourth-order valence-corrected chi connectivity index (χ4v) is 2.99. The number of allylic oxidation sites excluding steroid dienone is 1. The molecule has 1 fully saturated rings. The van der Waals surface area contributed by atoms with Crippen LogP contribution in [0.15, 0.2) is 24.5 Å². The highest BCUT2D eigenvalue weighted by Gasteiger charge is 2.48. The molecule has 0 aromatic carbocycles. The molecule has 0 aliphatic heterocycles. The summed E-state index contributed by atoms with van der Waals surface area (Å²) >= 11 is 0. The Morgan fingerprint density at radius 1 is 1.62 bits per heavy atom. The molecule has 0 N–H and O–H groups in total. The predicted molar refractivity (Wildman–Crippen MR) is 54.2 cm³/mol. The molecule has 1 nitrogen and oxygen atoms in total. The van der Waals surface area contributed by atoms with Gasteiger partial charge in [0.05, 0.1) is 6.26 Å². The van der Waals surface area contributed by atoms with E-state index in [1.165, 1.54) is 18.4 Å². The van der Waals surface area contributed by atoms with Gasteiger partial charge in [-0.25, -0.2) is 0 Å². The standard InChI is InChI=1S/C12H18O/c1-4-13-8-9-7-10-5-6-11(9)12(10,2)3/h4,7,10-11H,1,5-6,8H2,2-3H3. The molecule has 0 saturated heterocycles. The minimum Gasteiger partial charge on any atom is -0.497 e. The molecule has 2 rings (SSSR count). The number of hydrogen-bond donors (Lipinski definition) is 0. The smallest absolute Gasteiger partial charge is 0.109 e. The van der Waals surface area contributed by atoms with Crippen molar-refractivity contribution in [3.05, 3.63) is 24.5 Å². The average molecular weight is 178 g/mol. The van der Waals surface area contributed by atoms with E-state index in [0.717, 1.165) is 18.4 Å². The maximum atomic E-state index is 5.26. The summed E-state index contributed by atoms with van der Waals surface area (Å²) in [7, 11) is 0. The molecule has 2 unspecified atom stereocenters. The van der Waals surface area contributed by atoms with E-state index in [-0.39, 0.29) is 0 Å². The van der Waals surface area contributed by atoms with Crippen molar-refractivity contribution in [3.8, 4) is 0 Å². The van der Waals surface area contributed by atoms with Crippen LogP contribution in [-0.2, 0) is 4.74 Å². The van der Waals surface area contributed by atoms with Crippen molar-refractivity contribution in [1.29, 1.82) is 0 Å². The molecule has 2 bridgehead atoms. The van der Waals surface area contributed by atoms with Crippen LogP contribution >= 0.6 is 0 Å². The highest BCUT2D eigenvalue weighted by Crippen LogP contribution is 2.56. The van der Waals surface area contributed by atoms with Crippen LogP contribution in [0.1, 0.15) is 26.7 Å². The number of hydrogen-bond acceptors (Lipinski definition) is 1. The Kier molecular flexibility index (Phi) is 1.98. The van der Waals surface area contributed by atoms with E-state index in [9.17, 15) is 0 Å². The second kappa shape index (κ2) is 2.90. The van der Waals surface area contributed by atoms with E-state index < -0.39 is 0 Å². The van der Waals surface area contributed by atoms with E-state index in [1.807, 2.05) is 0 Å². The molecule has 2 aliphatic rings. The lowest BCUT2D eigenvalue weighted by atomic mass is 9.79. The lowest BCUT2D eigenvalue weighted by molar-refractivity contribution is 0.234. The summed E-state index contributed by atoms with van der Waals surface area (Å²) in [5.74, 6) is 1.55. The molecule has 0 aromatic rings. The topological polar surface area (TPSA) is 9.23 Å². The third-order valence-corrected chi connectivity index (χ3v) is 3.85. The van der Waals surface area contributed by atoms with E-state index >= 15 is 0 Å². The van der Waals surface area contributed by atoms with Crippen LogP contribution in [0.2, 0.25) is 0 Å². The molecule has 1 heteroatoms. The molecule has 0 spiro atoms. The van der Waals surface area contributed by atoms with Crippen molar-refractivity contribution in [2.24, 2.45) is 17.3 Å². The summed E-state index contributed by atoms with van der Waals surface area (Å²) in [6.07, 6.45) is 6.69. The highest BCUT2D eigenvalue weighted by molar-refractivity contribution is 5.26. The Hall–Kier alpha value is -0.720. The van der Waals surface area contributed by atoms with Crippen LogP contribution in [0, 0.1) is 17.3 Å². The van der Waals surface area contributed by atoms with Crippen LogP contribution in [0.25, 0.3) is 0 Å². The predicted octanol–water partition coefficient (Wildman–Crippen LogP) is 3.14. The first-order valence-electron chi connectivity index (χ1n) is 5.09. The largest absolute Gasteiger partial charge is 0.497 e. The Balaban J connectivity index is 2.09. The summed E-state index contributed by atoms with van der Waals surface area (Å²) in [6, 6.07) is 0. The fraction of sp³-hybridized carbons (Fsp3) is 0.667. The van der Waals surface area contributed by atoms with Crippen LogP contribution in [0.4, 0.5) is 0 Å². The molecule has 0 radical (unpaired) electrons. The van der Waals surface area contributed by atoms with Gasteiger partial charge in [-0.3, -0.25) is 0 Å². The fourth-order valence-electron chi connectivity index (χ4n) is 2.99. The maximum Gasteiger partial charge on any atom is 0.109 e. The van der Waals surface area contributed by atoms with Crippen molar-refractivity contribution in [1.82, 2.24) is 0 Å². The van der Waals surface area contributed by atoms with E-state index in [0.29, 0.717) is 5.41 Å². The molecule has 72 valence electrons. The second-order valence-electron chi connectivity index (χ2n) is 4.78. The Bertz CT molecular complexity index is 250. The van der Waals surface area contributed by atoms with Gasteiger partial charge in [-0.2, -0.15) is 0 Å². The Morgan fingerprint density at radius 2 is 2.38 bits per heavy atom. The third kappa shape index (κ3) is 1.21. The van der Waals surface area contributed by atoms with E-state index in [2.05, 4.69) is 26.5 Å². The van der Waals surface area contributed by atoms with Crippen molar-refractivity contribution >= 4 is 0 Å². The van der Waals surface area contributed by atoms with Crippen molar-refractivity contribution in [2.45, 2.75) is 26.7 Å².